The molecular formula is C20H32FNOSi. The number of alkyl halides is 1. The summed E-state index contributed by atoms with van der Waals surface area (Å²) in [4.78, 5) is 2.47. The zero-order valence-electron chi connectivity index (χ0n) is 15.8. The molecule has 3 rings (SSSR count). The third-order valence-corrected chi connectivity index (χ3v) is 8.07. The molecule has 0 aromatic heterocycles. The van der Waals surface area contributed by atoms with Crippen molar-refractivity contribution in [2.75, 3.05) is 13.7 Å². The highest BCUT2D eigenvalue weighted by Crippen LogP contribution is 2.44. The Kier molecular flexibility index (Phi) is 5.19. The van der Waals surface area contributed by atoms with E-state index in [2.05, 4.69) is 55.9 Å². The minimum absolute atomic E-state index is 0.109. The summed E-state index contributed by atoms with van der Waals surface area (Å²) in [5, 5.41) is 1.50. The maximum Gasteiger partial charge on any atom is 0.115 e. The summed E-state index contributed by atoms with van der Waals surface area (Å²) in [6, 6.07) is 10.3. The zero-order valence-corrected chi connectivity index (χ0v) is 16.8. The number of hydrogen-bond acceptors (Lipinski definition) is 2. The molecule has 0 N–H and O–H groups in total. The Hall–Kier alpha value is -0.713. The summed E-state index contributed by atoms with van der Waals surface area (Å²) in [5.41, 5.74) is 1.37. The maximum absolute atomic E-state index is 13.1. The van der Waals surface area contributed by atoms with E-state index in [0.29, 0.717) is 18.0 Å². The van der Waals surface area contributed by atoms with Gasteiger partial charge in [0.15, 0.2) is 0 Å². The molecule has 0 radical (unpaired) electrons. The van der Waals surface area contributed by atoms with Gasteiger partial charge in [0, 0.05) is 18.0 Å². The predicted molar refractivity (Wildman–Crippen MR) is 102 cm³/mol. The number of ether oxygens (including phenoxy) is 1. The molecule has 2 saturated heterocycles. The second-order valence-electron chi connectivity index (χ2n) is 8.74. The molecule has 4 heteroatoms. The van der Waals surface area contributed by atoms with Gasteiger partial charge in [0.1, 0.15) is 6.67 Å². The van der Waals surface area contributed by atoms with E-state index in [0.717, 1.165) is 6.42 Å². The Morgan fingerprint density at radius 2 is 1.88 bits per heavy atom. The fourth-order valence-corrected chi connectivity index (χ4v) is 5.63. The first-order valence-corrected chi connectivity index (χ1v) is 12.8. The highest BCUT2D eigenvalue weighted by atomic mass is 28.3. The van der Waals surface area contributed by atoms with Crippen molar-refractivity contribution in [3.63, 3.8) is 0 Å². The molecule has 1 unspecified atom stereocenters. The first kappa shape index (κ1) is 18.1. The van der Waals surface area contributed by atoms with Gasteiger partial charge >= 0.3 is 0 Å². The molecule has 2 nitrogen and oxygen atoms in total. The van der Waals surface area contributed by atoms with Crippen LogP contribution in [0, 0.1) is 0 Å². The number of benzene rings is 1. The van der Waals surface area contributed by atoms with Crippen molar-refractivity contribution in [1.82, 2.24) is 4.90 Å². The van der Waals surface area contributed by atoms with Gasteiger partial charge in [-0.15, -0.1) is 0 Å². The lowest BCUT2D eigenvalue weighted by Gasteiger charge is -2.43. The quantitative estimate of drug-likeness (QED) is 0.747. The van der Waals surface area contributed by atoms with E-state index < -0.39 is 14.7 Å². The average Bonchev–Trinajstić information content (AvgIpc) is 2.78. The second-order valence-corrected chi connectivity index (χ2v) is 13.8. The lowest BCUT2D eigenvalue weighted by Crippen LogP contribution is -2.51. The first-order chi connectivity index (χ1) is 11.3. The lowest BCUT2D eigenvalue weighted by molar-refractivity contribution is -0.0831. The molecular weight excluding hydrogens is 317 g/mol. The molecule has 0 amide bonds. The van der Waals surface area contributed by atoms with Crippen molar-refractivity contribution in [3.8, 4) is 0 Å². The number of piperidine rings is 1. The van der Waals surface area contributed by atoms with E-state index in [1.807, 2.05) is 6.92 Å². The molecule has 0 spiro atoms. The Balaban J connectivity index is 1.86. The van der Waals surface area contributed by atoms with Gasteiger partial charge in [-0.3, -0.25) is 4.90 Å². The third-order valence-electron chi connectivity index (χ3n) is 6.01. The van der Waals surface area contributed by atoms with E-state index in [4.69, 9.17) is 4.74 Å². The summed E-state index contributed by atoms with van der Waals surface area (Å²) >= 11 is 0. The van der Waals surface area contributed by atoms with Crippen LogP contribution < -0.4 is 5.19 Å². The monoisotopic (exact) mass is 349 g/mol. The van der Waals surface area contributed by atoms with Crippen molar-refractivity contribution in [2.24, 2.45) is 0 Å². The van der Waals surface area contributed by atoms with Crippen LogP contribution in [0.15, 0.2) is 24.3 Å². The van der Waals surface area contributed by atoms with Gasteiger partial charge in [-0.1, -0.05) is 49.1 Å². The number of likely N-dealkylation sites (N-methyl/N-ethyl adjacent to an activating group) is 1. The minimum Gasteiger partial charge on any atom is -0.370 e. The topological polar surface area (TPSA) is 12.5 Å². The van der Waals surface area contributed by atoms with Crippen LogP contribution in [0.2, 0.25) is 19.6 Å². The van der Waals surface area contributed by atoms with Crippen LogP contribution in [0.4, 0.5) is 4.39 Å². The Morgan fingerprint density at radius 3 is 2.46 bits per heavy atom. The molecule has 2 aliphatic rings. The SMILES string of the molecule is CC(CF)O[C@H]1[C@@H](c2ccc([Si](C)(C)C)cc2)C[C@@H]2CC[C@H]1N2C. The van der Waals surface area contributed by atoms with Gasteiger partial charge in [0.2, 0.25) is 0 Å². The number of rotatable bonds is 5. The smallest absolute Gasteiger partial charge is 0.115 e. The van der Waals surface area contributed by atoms with Crippen molar-refractivity contribution >= 4 is 13.3 Å². The summed E-state index contributed by atoms with van der Waals surface area (Å²) in [5.74, 6) is 0.392. The molecule has 1 aromatic rings. The number of fused-ring (bicyclic) bond motifs is 2. The Bertz CT molecular complexity index is 556. The molecule has 134 valence electrons. The van der Waals surface area contributed by atoms with Gasteiger partial charge in [-0.05, 0) is 38.8 Å². The zero-order chi connectivity index (χ0) is 17.5. The second kappa shape index (κ2) is 6.89. The van der Waals surface area contributed by atoms with Gasteiger partial charge in [0.25, 0.3) is 0 Å². The molecule has 2 aliphatic heterocycles. The fraction of sp³-hybridized carbons (Fsp3) is 0.700. The van der Waals surface area contributed by atoms with E-state index in [1.165, 1.54) is 23.6 Å². The summed E-state index contributed by atoms with van der Waals surface area (Å²) in [6.07, 6.45) is 3.34. The van der Waals surface area contributed by atoms with Crippen LogP contribution >= 0.6 is 0 Å². The van der Waals surface area contributed by atoms with Crippen molar-refractivity contribution in [1.29, 1.82) is 0 Å². The van der Waals surface area contributed by atoms with Crippen LogP contribution in [0.5, 0.6) is 0 Å². The van der Waals surface area contributed by atoms with Gasteiger partial charge in [0.05, 0.1) is 20.3 Å². The molecule has 5 atom stereocenters. The predicted octanol–water partition coefficient (Wildman–Crippen LogP) is 3.93. The molecule has 2 fully saturated rings. The maximum atomic E-state index is 13.1. The Labute approximate surface area is 147 Å². The molecule has 2 bridgehead atoms. The molecule has 0 saturated carbocycles. The largest absolute Gasteiger partial charge is 0.370 e. The number of hydrogen-bond donors (Lipinski definition) is 0. The fourth-order valence-electron chi connectivity index (χ4n) is 4.46. The summed E-state index contributed by atoms with van der Waals surface area (Å²) < 4.78 is 19.3. The number of halogens is 1. The van der Waals surface area contributed by atoms with Crippen LogP contribution in [0.25, 0.3) is 0 Å². The van der Waals surface area contributed by atoms with Crippen LogP contribution in [0.1, 0.15) is 37.7 Å². The average molecular weight is 350 g/mol. The van der Waals surface area contributed by atoms with Gasteiger partial charge in [-0.2, -0.15) is 0 Å². The van der Waals surface area contributed by atoms with E-state index in [-0.39, 0.29) is 12.2 Å². The van der Waals surface area contributed by atoms with Gasteiger partial charge in [-0.25, -0.2) is 4.39 Å². The molecule has 2 heterocycles. The molecule has 1 aromatic carbocycles. The van der Waals surface area contributed by atoms with Crippen molar-refractivity contribution in [2.45, 2.75) is 76.0 Å². The summed E-state index contributed by atoms with van der Waals surface area (Å²) in [7, 11) is 0.942. The van der Waals surface area contributed by atoms with Crippen molar-refractivity contribution in [3.05, 3.63) is 29.8 Å². The van der Waals surface area contributed by atoms with Crippen molar-refractivity contribution < 1.29 is 9.13 Å². The lowest BCUT2D eigenvalue weighted by atomic mass is 9.82. The molecule has 24 heavy (non-hydrogen) atoms. The highest BCUT2D eigenvalue weighted by Gasteiger charge is 2.47. The van der Waals surface area contributed by atoms with Crippen LogP contribution in [-0.4, -0.2) is 51.0 Å². The van der Waals surface area contributed by atoms with Crippen LogP contribution in [0.3, 0.4) is 0 Å². The van der Waals surface area contributed by atoms with E-state index >= 15 is 0 Å². The van der Waals surface area contributed by atoms with E-state index in [1.54, 1.807) is 0 Å². The summed E-state index contributed by atoms with van der Waals surface area (Å²) in [6.45, 7) is 8.59. The standard InChI is InChI=1S/C20H32FNOSi/c1-14(13-21)23-20-18(12-16-8-11-19(20)22(16)2)15-6-9-17(10-7-15)24(3,4)5/h6-7,9-10,14,16,18-20H,8,11-13H2,1-5H3/t14?,16-,18+,19+,20-/m0/s1. The van der Waals surface area contributed by atoms with Gasteiger partial charge < -0.3 is 4.74 Å². The minimum atomic E-state index is -1.27. The number of nitrogens with zero attached hydrogens (tertiary/aromatic N) is 1. The normalized spacial score (nSPS) is 32.1. The molecule has 0 aliphatic carbocycles. The third kappa shape index (κ3) is 3.46. The van der Waals surface area contributed by atoms with Crippen LogP contribution in [-0.2, 0) is 4.74 Å². The highest BCUT2D eigenvalue weighted by molar-refractivity contribution is 6.88. The van der Waals surface area contributed by atoms with E-state index in [9.17, 15) is 4.39 Å². The Morgan fingerprint density at radius 1 is 1.21 bits per heavy atom. The first-order valence-electron chi connectivity index (χ1n) is 9.35.